The molecule has 2 amide bonds. The van der Waals surface area contributed by atoms with Gasteiger partial charge in [0, 0.05) is 50.2 Å². The van der Waals surface area contributed by atoms with Gasteiger partial charge in [0.25, 0.3) is 0 Å². The maximum Gasteiger partial charge on any atom is 0.225 e. The Morgan fingerprint density at radius 3 is 2.38 bits per heavy atom. The minimum absolute atomic E-state index is 0.0829. The number of amides is 2. The zero-order chi connectivity index (χ0) is 15.0. The van der Waals surface area contributed by atoms with Gasteiger partial charge in [-0.2, -0.15) is 0 Å². The van der Waals surface area contributed by atoms with Crippen LogP contribution in [0.1, 0.15) is 39.0 Å². The van der Waals surface area contributed by atoms with Crippen LogP contribution in [0.4, 0.5) is 0 Å². The van der Waals surface area contributed by atoms with E-state index in [1.807, 2.05) is 9.80 Å². The lowest BCUT2D eigenvalue weighted by Gasteiger charge is -2.37. The van der Waals surface area contributed by atoms with Crippen LogP contribution >= 0.6 is 11.8 Å². The lowest BCUT2D eigenvalue weighted by Crippen LogP contribution is -2.47. The van der Waals surface area contributed by atoms with Gasteiger partial charge in [-0.05, 0) is 25.7 Å². The average molecular weight is 310 g/mol. The first kappa shape index (κ1) is 14.9. The van der Waals surface area contributed by atoms with E-state index < -0.39 is 0 Å². The van der Waals surface area contributed by atoms with Crippen LogP contribution in [0.2, 0.25) is 0 Å². The van der Waals surface area contributed by atoms with Gasteiger partial charge in [-0.1, -0.05) is 11.8 Å². The van der Waals surface area contributed by atoms with Crippen LogP contribution < -0.4 is 0 Å². The number of hydrogen-bond acceptors (Lipinski definition) is 4. The Hall–Kier alpha value is -1.04. The average Bonchev–Trinajstić information content (AvgIpc) is 3.22. The predicted molar refractivity (Wildman–Crippen MR) is 80.7 cm³/mol. The van der Waals surface area contributed by atoms with Crippen molar-refractivity contribution in [2.75, 3.05) is 19.6 Å². The lowest BCUT2D eigenvalue weighted by molar-refractivity contribution is -0.135. The highest BCUT2D eigenvalue weighted by Gasteiger charge is 2.39. The van der Waals surface area contributed by atoms with E-state index in [0.717, 1.165) is 38.8 Å². The van der Waals surface area contributed by atoms with Crippen molar-refractivity contribution in [3.63, 3.8) is 0 Å². The van der Waals surface area contributed by atoms with E-state index in [1.54, 1.807) is 6.92 Å². The second-order valence-electron chi connectivity index (χ2n) is 6.31. The van der Waals surface area contributed by atoms with Crippen molar-refractivity contribution >= 4 is 28.7 Å². The molecular weight excluding hydrogens is 288 g/mol. The molecule has 0 aromatic rings. The molecule has 0 aromatic carbocycles. The van der Waals surface area contributed by atoms with Gasteiger partial charge < -0.3 is 9.80 Å². The summed E-state index contributed by atoms with van der Waals surface area (Å²) in [5.41, 5.74) is 0. The summed E-state index contributed by atoms with van der Waals surface area (Å²) in [6.07, 6.45) is 4.33. The first-order valence-corrected chi connectivity index (χ1v) is 8.68. The molecule has 5 nitrogen and oxygen atoms in total. The molecule has 21 heavy (non-hydrogen) atoms. The van der Waals surface area contributed by atoms with E-state index in [4.69, 9.17) is 0 Å². The third kappa shape index (κ3) is 3.42. The monoisotopic (exact) mass is 310 g/mol. The Kier molecular flexibility index (Phi) is 4.24. The molecule has 0 N–H and O–H groups in total. The van der Waals surface area contributed by atoms with Crippen molar-refractivity contribution in [1.29, 1.82) is 0 Å². The molecular formula is C15H22N2O3S. The molecule has 3 aliphatic rings. The summed E-state index contributed by atoms with van der Waals surface area (Å²) >= 11 is 1.29. The van der Waals surface area contributed by atoms with Gasteiger partial charge in [-0.25, -0.2) is 0 Å². The van der Waals surface area contributed by atoms with Gasteiger partial charge >= 0.3 is 0 Å². The lowest BCUT2D eigenvalue weighted by atomic mass is 10.0. The topological polar surface area (TPSA) is 57.7 Å². The Bertz CT molecular complexity index is 456. The molecule has 2 saturated heterocycles. The predicted octanol–water partition coefficient (Wildman–Crippen LogP) is 1.27. The number of thioether (sulfide) groups is 1. The van der Waals surface area contributed by atoms with Crippen LogP contribution in [0.15, 0.2) is 0 Å². The van der Waals surface area contributed by atoms with Gasteiger partial charge in [0.15, 0.2) is 5.12 Å². The number of carbonyl (C=O) groups is 3. The normalized spacial score (nSPS) is 27.3. The van der Waals surface area contributed by atoms with E-state index in [0.29, 0.717) is 18.9 Å². The molecule has 0 radical (unpaired) electrons. The van der Waals surface area contributed by atoms with E-state index in [2.05, 4.69) is 0 Å². The quantitative estimate of drug-likeness (QED) is 0.788. The van der Waals surface area contributed by atoms with Crippen LogP contribution in [-0.2, 0) is 14.4 Å². The Morgan fingerprint density at radius 2 is 1.81 bits per heavy atom. The number of likely N-dealkylation sites (tertiary alicyclic amines) is 2. The summed E-state index contributed by atoms with van der Waals surface area (Å²) in [5, 5.41) is 0.195. The number of hydrogen-bond donors (Lipinski definition) is 0. The fourth-order valence-electron chi connectivity index (χ4n) is 3.35. The van der Waals surface area contributed by atoms with Gasteiger partial charge in [-0.15, -0.1) is 0 Å². The summed E-state index contributed by atoms with van der Waals surface area (Å²) in [6, 6.07) is 0.248. The minimum atomic E-state index is 0.0829. The highest BCUT2D eigenvalue weighted by atomic mass is 32.2. The highest BCUT2D eigenvalue weighted by Crippen LogP contribution is 2.33. The van der Waals surface area contributed by atoms with Gasteiger partial charge in [0.2, 0.25) is 11.8 Å². The maximum atomic E-state index is 12.1. The van der Waals surface area contributed by atoms with E-state index in [1.165, 1.54) is 11.8 Å². The summed E-state index contributed by atoms with van der Waals surface area (Å²) < 4.78 is 0. The fraction of sp³-hybridized carbons (Fsp3) is 0.800. The van der Waals surface area contributed by atoms with Crippen molar-refractivity contribution in [2.45, 2.75) is 50.3 Å². The molecule has 3 rings (SSSR count). The van der Waals surface area contributed by atoms with Gasteiger partial charge in [0.05, 0.1) is 0 Å². The van der Waals surface area contributed by atoms with E-state index in [-0.39, 0.29) is 28.2 Å². The minimum Gasteiger partial charge on any atom is -0.342 e. The van der Waals surface area contributed by atoms with Crippen molar-refractivity contribution in [1.82, 2.24) is 9.80 Å². The van der Waals surface area contributed by atoms with Crippen LogP contribution in [0.3, 0.4) is 0 Å². The zero-order valence-corrected chi connectivity index (χ0v) is 13.2. The number of carbonyl (C=O) groups excluding carboxylic acids is 3. The third-order valence-corrected chi connectivity index (χ3v) is 5.58. The molecule has 0 bridgehead atoms. The molecule has 1 aliphatic carbocycles. The molecule has 3 fully saturated rings. The fourth-order valence-corrected chi connectivity index (χ4v) is 4.28. The van der Waals surface area contributed by atoms with Crippen LogP contribution in [-0.4, -0.2) is 57.7 Å². The SMILES string of the molecule is CC(=O)SC1CC(=O)N(C2CCN(C(=O)C3CC3)CC2)C1. The molecule has 1 saturated carbocycles. The van der Waals surface area contributed by atoms with Crippen molar-refractivity contribution in [2.24, 2.45) is 5.92 Å². The summed E-state index contributed by atoms with van der Waals surface area (Å²) in [5.74, 6) is 0.762. The number of piperidine rings is 1. The summed E-state index contributed by atoms with van der Waals surface area (Å²) in [4.78, 5) is 39.2. The van der Waals surface area contributed by atoms with Crippen molar-refractivity contribution < 1.29 is 14.4 Å². The second kappa shape index (κ2) is 5.99. The molecule has 2 heterocycles. The first-order chi connectivity index (χ1) is 10.0. The molecule has 0 aromatic heterocycles. The largest absolute Gasteiger partial charge is 0.342 e. The molecule has 1 unspecified atom stereocenters. The van der Waals surface area contributed by atoms with Gasteiger partial charge in [-0.3, -0.25) is 14.4 Å². The molecule has 116 valence electrons. The van der Waals surface area contributed by atoms with Crippen molar-refractivity contribution in [3.8, 4) is 0 Å². The van der Waals surface area contributed by atoms with Crippen LogP contribution in [0.5, 0.6) is 0 Å². The summed E-state index contributed by atoms with van der Waals surface area (Å²) in [7, 11) is 0. The van der Waals surface area contributed by atoms with Gasteiger partial charge in [0.1, 0.15) is 0 Å². The smallest absolute Gasteiger partial charge is 0.225 e. The third-order valence-electron chi connectivity index (χ3n) is 4.60. The van der Waals surface area contributed by atoms with E-state index in [9.17, 15) is 14.4 Å². The molecule has 1 atom stereocenters. The first-order valence-electron chi connectivity index (χ1n) is 7.80. The molecule has 6 heteroatoms. The Labute approximate surface area is 129 Å². The number of rotatable bonds is 3. The van der Waals surface area contributed by atoms with Crippen LogP contribution in [0.25, 0.3) is 0 Å². The Morgan fingerprint density at radius 1 is 1.14 bits per heavy atom. The van der Waals surface area contributed by atoms with E-state index >= 15 is 0 Å². The van der Waals surface area contributed by atoms with Crippen LogP contribution in [0, 0.1) is 5.92 Å². The second-order valence-corrected chi connectivity index (χ2v) is 7.79. The standard InChI is InChI=1S/C15H22N2O3S/c1-10(18)21-13-8-14(19)17(9-13)12-4-6-16(7-5-12)15(20)11-2-3-11/h11-13H,2-9H2,1H3. The maximum absolute atomic E-state index is 12.1. The molecule has 0 spiro atoms. The highest BCUT2D eigenvalue weighted by molar-refractivity contribution is 8.14. The summed E-state index contributed by atoms with van der Waals surface area (Å²) in [6.45, 7) is 3.78. The zero-order valence-electron chi connectivity index (χ0n) is 12.4. The number of nitrogens with zero attached hydrogens (tertiary/aromatic N) is 2. The Balaban J connectivity index is 1.51. The molecule has 2 aliphatic heterocycles. The van der Waals surface area contributed by atoms with Crippen molar-refractivity contribution in [3.05, 3.63) is 0 Å².